The quantitative estimate of drug-likeness (QED) is 0.841. The van der Waals surface area contributed by atoms with E-state index >= 15 is 0 Å². The van der Waals surface area contributed by atoms with Gasteiger partial charge in [-0.3, -0.25) is 4.79 Å². The van der Waals surface area contributed by atoms with E-state index in [1.54, 1.807) is 6.92 Å². The van der Waals surface area contributed by atoms with Gasteiger partial charge in [-0.25, -0.2) is 0 Å². The van der Waals surface area contributed by atoms with Crippen molar-refractivity contribution < 1.29 is 4.79 Å². The minimum atomic E-state index is 0.159. The minimum Gasteiger partial charge on any atom is -0.333 e. The van der Waals surface area contributed by atoms with Gasteiger partial charge in [0.05, 0.1) is 6.04 Å². The summed E-state index contributed by atoms with van der Waals surface area (Å²) in [5, 5.41) is 3.37. The lowest BCUT2D eigenvalue weighted by molar-refractivity contribution is -0.132. The van der Waals surface area contributed by atoms with Crippen molar-refractivity contribution >= 4 is 5.91 Å². The fourth-order valence-corrected chi connectivity index (χ4v) is 2.58. The van der Waals surface area contributed by atoms with Crippen LogP contribution in [0.5, 0.6) is 0 Å². The molecule has 1 atom stereocenters. The largest absolute Gasteiger partial charge is 0.333 e. The van der Waals surface area contributed by atoms with Crippen LogP contribution in [0.4, 0.5) is 0 Å². The number of hydrogen-bond acceptors (Lipinski definition) is 2. The van der Waals surface area contributed by atoms with Gasteiger partial charge in [0.15, 0.2) is 0 Å². The number of nitrogens with zero attached hydrogens (tertiary/aromatic N) is 1. The van der Waals surface area contributed by atoms with Crippen LogP contribution in [-0.4, -0.2) is 30.4 Å². The normalized spacial score (nSPS) is 20.4. The van der Waals surface area contributed by atoms with Gasteiger partial charge in [-0.1, -0.05) is 45.0 Å². The van der Waals surface area contributed by atoms with E-state index in [0.29, 0.717) is 0 Å². The molecule has 1 fully saturated rings. The van der Waals surface area contributed by atoms with Gasteiger partial charge >= 0.3 is 0 Å². The van der Waals surface area contributed by atoms with Crippen molar-refractivity contribution in [3.8, 4) is 0 Å². The Morgan fingerprint density at radius 1 is 1.26 bits per heavy atom. The number of carbonyl (C=O) groups is 1. The maximum atomic E-state index is 11.7. The lowest BCUT2D eigenvalue weighted by Gasteiger charge is -2.36. The Bertz CT molecular complexity index is 445. The molecule has 1 heterocycles. The molecule has 0 saturated carbocycles. The van der Waals surface area contributed by atoms with Gasteiger partial charge in [0.25, 0.3) is 0 Å². The summed E-state index contributed by atoms with van der Waals surface area (Å²) in [6, 6.07) is 8.85. The fourth-order valence-electron chi connectivity index (χ4n) is 2.58. The highest BCUT2D eigenvalue weighted by molar-refractivity contribution is 5.74. The summed E-state index contributed by atoms with van der Waals surface area (Å²) in [5.74, 6) is 0.159. The smallest absolute Gasteiger partial charge is 0.220 e. The lowest BCUT2D eigenvalue weighted by atomic mass is 9.86. The molecular formula is C16H24N2O. The summed E-state index contributed by atoms with van der Waals surface area (Å²) in [6.07, 6.45) is 0. The van der Waals surface area contributed by atoms with Crippen LogP contribution < -0.4 is 5.32 Å². The molecule has 19 heavy (non-hydrogen) atoms. The molecule has 1 saturated heterocycles. The van der Waals surface area contributed by atoms with Crippen LogP contribution in [0.3, 0.4) is 0 Å². The average molecular weight is 260 g/mol. The number of hydrogen-bond donors (Lipinski definition) is 1. The van der Waals surface area contributed by atoms with Crippen molar-refractivity contribution in [3.63, 3.8) is 0 Å². The summed E-state index contributed by atoms with van der Waals surface area (Å²) in [7, 11) is 0. The molecule has 2 rings (SSSR count). The van der Waals surface area contributed by atoms with Gasteiger partial charge in [0.2, 0.25) is 5.91 Å². The van der Waals surface area contributed by atoms with Crippen LogP contribution in [0.25, 0.3) is 0 Å². The Morgan fingerprint density at radius 2 is 1.89 bits per heavy atom. The summed E-state index contributed by atoms with van der Waals surface area (Å²) in [5.41, 5.74) is 2.72. The lowest BCUT2D eigenvalue weighted by Crippen LogP contribution is -2.47. The van der Waals surface area contributed by atoms with Gasteiger partial charge in [-0.2, -0.15) is 0 Å². The van der Waals surface area contributed by atoms with Gasteiger partial charge < -0.3 is 10.2 Å². The highest BCUT2D eigenvalue weighted by Crippen LogP contribution is 2.26. The summed E-state index contributed by atoms with van der Waals surface area (Å²) >= 11 is 0. The molecule has 1 aliphatic heterocycles. The van der Waals surface area contributed by atoms with E-state index in [-0.39, 0.29) is 17.4 Å². The molecule has 104 valence electrons. The second-order valence-corrected chi connectivity index (χ2v) is 6.30. The molecule has 0 spiro atoms. The minimum absolute atomic E-state index is 0.159. The third kappa shape index (κ3) is 3.16. The first-order chi connectivity index (χ1) is 8.89. The van der Waals surface area contributed by atoms with E-state index < -0.39 is 0 Å². The van der Waals surface area contributed by atoms with Crippen molar-refractivity contribution in [2.24, 2.45) is 0 Å². The summed E-state index contributed by atoms with van der Waals surface area (Å²) < 4.78 is 0. The predicted octanol–water partition coefficient (Wildman–Crippen LogP) is 2.48. The molecule has 1 aromatic rings. The van der Waals surface area contributed by atoms with Crippen LogP contribution in [0, 0.1) is 0 Å². The van der Waals surface area contributed by atoms with Crippen molar-refractivity contribution in [1.82, 2.24) is 10.2 Å². The number of carbonyl (C=O) groups excluding carboxylic acids is 1. The molecule has 3 nitrogen and oxygen atoms in total. The maximum Gasteiger partial charge on any atom is 0.220 e. The van der Waals surface area contributed by atoms with Crippen molar-refractivity contribution in [2.75, 3.05) is 19.6 Å². The number of nitrogens with one attached hydrogen (secondary N) is 1. The van der Waals surface area contributed by atoms with Gasteiger partial charge in [0, 0.05) is 26.6 Å². The van der Waals surface area contributed by atoms with Crippen molar-refractivity contribution in [2.45, 2.75) is 39.2 Å². The van der Waals surface area contributed by atoms with Crippen LogP contribution in [0.2, 0.25) is 0 Å². The maximum absolute atomic E-state index is 11.7. The second-order valence-electron chi connectivity index (χ2n) is 6.30. The zero-order chi connectivity index (χ0) is 14.0. The highest BCUT2D eigenvalue weighted by atomic mass is 16.2. The van der Waals surface area contributed by atoms with Crippen molar-refractivity contribution in [1.29, 1.82) is 0 Å². The van der Waals surface area contributed by atoms with Gasteiger partial charge in [-0.15, -0.1) is 0 Å². The summed E-state index contributed by atoms with van der Waals surface area (Å²) in [6.45, 7) is 10.8. The highest BCUT2D eigenvalue weighted by Gasteiger charge is 2.25. The topological polar surface area (TPSA) is 32.3 Å². The average Bonchev–Trinajstić information content (AvgIpc) is 2.38. The number of piperazine rings is 1. The zero-order valence-electron chi connectivity index (χ0n) is 12.4. The van der Waals surface area contributed by atoms with Crippen LogP contribution in [0.1, 0.15) is 44.9 Å². The molecule has 0 aromatic heterocycles. The first kappa shape index (κ1) is 14.1. The molecule has 1 unspecified atom stereocenters. The molecule has 1 amide bonds. The van der Waals surface area contributed by atoms with Crippen LogP contribution >= 0.6 is 0 Å². The SMILES string of the molecule is CC(=O)N1CCNCC1c1ccc(C(C)(C)C)cc1. The third-order valence-electron chi connectivity index (χ3n) is 3.81. The van der Waals surface area contributed by atoms with Gasteiger partial charge in [0.1, 0.15) is 0 Å². The first-order valence-corrected chi connectivity index (χ1v) is 6.98. The fraction of sp³-hybridized carbons (Fsp3) is 0.562. The second kappa shape index (κ2) is 5.33. The Balaban J connectivity index is 2.23. The number of amides is 1. The van der Waals surface area contributed by atoms with E-state index in [1.165, 1.54) is 11.1 Å². The monoisotopic (exact) mass is 260 g/mol. The van der Waals surface area contributed by atoms with E-state index in [4.69, 9.17) is 0 Å². The van der Waals surface area contributed by atoms with E-state index in [2.05, 4.69) is 50.4 Å². The molecular weight excluding hydrogens is 236 g/mol. The third-order valence-corrected chi connectivity index (χ3v) is 3.81. The Kier molecular flexibility index (Phi) is 3.95. The van der Waals surface area contributed by atoms with Crippen LogP contribution in [-0.2, 0) is 10.2 Å². The predicted molar refractivity (Wildman–Crippen MR) is 78.1 cm³/mol. The van der Waals surface area contributed by atoms with Gasteiger partial charge in [-0.05, 0) is 16.5 Å². The van der Waals surface area contributed by atoms with E-state index in [1.807, 2.05) is 4.90 Å². The number of benzene rings is 1. The standard InChI is InChI=1S/C16H24N2O/c1-12(19)18-10-9-17-11-15(18)13-5-7-14(8-6-13)16(2,3)4/h5-8,15,17H,9-11H2,1-4H3. The first-order valence-electron chi connectivity index (χ1n) is 6.98. The molecule has 1 aliphatic rings. The molecule has 0 bridgehead atoms. The number of rotatable bonds is 1. The van der Waals surface area contributed by atoms with E-state index in [9.17, 15) is 4.79 Å². The van der Waals surface area contributed by atoms with E-state index in [0.717, 1.165) is 19.6 Å². The molecule has 1 aromatic carbocycles. The van der Waals surface area contributed by atoms with Crippen LogP contribution in [0.15, 0.2) is 24.3 Å². The summed E-state index contributed by atoms with van der Waals surface area (Å²) in [4.78, 5) is 13.7. The van der Waals surface area contributed by atoms with Crippen molar-refractivity contribution in [3.05, 3.63) is 35.4 Å². The molecule has 0 radical (unpaired) electrons. The zero-order valence-corrected chi connectivity index (χ0v) is 12.4. The Hall–Kier alpha value is -1.35. The Morgan fingerprint density at radius 3 is 2.42 bits per heavy atom. The molecule has 0 aliphatic carbocycles. The molecule has 3 heteroatoms. The Labute approximate surface area is 116 Å². The molecule has 1 N–H and O–H groups in total.